The van der Waals surface area contributed by atoms with Crippen molar-refractivity contribution in [3.63, 3.8) is 0 Å². The number of rotatable bonds is 1. The summed E-state index contributed by atoms with van der Waals surface area (Å²) in [7, 11) is 0. The predicted octanol–water partition coefficient (Wildman–Crippen LogP) is 2.31. The van der Waals surface area contributed by atoms with Gasteiger partial charge in [0.1, 0.15) is 0 Å². The van der Waals surface area contributed by atoms with Gasteiger partial charge < -0.3 is 0 Å². The minimum Gasteiger partial charge on any atom is -0.277 e. The molecule has 0 atom stereocenters. The molecule has 0 aliphatic heterocycles. The average molecular weight is 143 g/mol. The lowest BCUT2D eigenvalue weighted by molar-refractivity contribution is -0.106. The molecule has 0 rings (SSSR count). The zero-order valence-electron chi connectivity index (χ0n) is 5.97. The van der Waals surface area contributed by atoms with Crippen molar-refractivity contribution in [2.75, 3.05) is 0 Å². The number of hydrogen-bond donors (Lipinski definition) is 0. The summed E-state index contributed by atoms with van der Waals surface area (Å²) in [6, 6.07) is 0. The summed E-state index contributed by atoms with van der Waals surface area (Å²) in [5, 5.41) is -0.301. The van der Waals surface area contributed by atoms with Crippen LogP contribution >= 0.6 is 12.6 Å². The fourth-order valence-corrected chi connectivity index (χ4v) is 0.386. The molecule has 0 aliphatic rings. The molecule has 0 heterocycles. The Morgan fingerprint density at radius 1 is 1.44 bits per heavy atom. The maximum Gasteiger partial charge on any atom is 0.241 e. The van der Waals surface area contributed by atoms with Crippen LogP contribution in [0.1, 0.15) is 20.8 Å². The third-order valence-corrected chi connectivity index (χ3v) is 0.855. The molecule has 0 fully saturated rings. The van der Waals surface area contributed by atoms with Crippen LogP contribution in [-0.2, 0) is 4.79 Å². The molecule has 9 heavy (non-hydrogen) atoms. The van der Waals surface area contributed by atoms with Gasteiger partial charge in [-0.1, -0.05) is 26.8 Å². The highest BCUT2D eigenvalue weighted by Crippen LogP contribution is 2.14. The minimum atomic E-state index is -0.301. The van der Waals surface area contributed by atoms with Crippen LogP contribution in [0.5, 0.6) is 0 Å². The van der Waals surface area contributed by atoms with Crippen LogP contribution < -0.4 is 0 Å². The van der Waals surface area contributed by atoms with Crippen molar-refractivity contribution >= 4 is 17.7 Å². The largest absolute Gasteiger partial charge is 0.277 e. The Balaban J connectivity index is 3.86. The standard InChI is InChI=1S/C7H11OS/c1-7(2,3)5-4-6(8)9/h4-5H,1-3H3. The fraction of sp³-hybridized carbons (Fsp3) is 0.571. The Morgan fingerprint density at radius 3 is 2.00 bits per heavy atom. The molecular weight excluding hydrogens is 132 g/mol. The van der Waals surface area contributed by atoms with E-state index in [-0.39, 0.29) is 10.5 Å². The molecule has 51 valence electrons. The van der Waals surface area contributed by atoms with E-state index in [0.29, 0.717) is 0 Å². The third kappa shape index (κ3) is 7.63. The van der Waals surface area contributed by atoms with E-state index >= 15 is 0 Å². The van der Waals surface area contributed by atoms with Crippen molar-refractivity contribution in [1.82, 2.24) is 0 Å². The summed E-state index contributed by atoms with van der Waals surface area (Å²) in [4.78, 5) is 10.2. The normalized spacial score (nSPS) is 12.3. The summed E-state index contributed by atoms with van der Waals surface area (Å²) in [5.74, 6) is 0. The Kier molecular flexibility index (Phi) is 2.85. The maximum absolute atomic E-state index is 10.2. The van der Waals surface area contributed by atoms with Gasteiger partial charge in [0.25, 0.3) is 0 Å². The summed E-state index contributed by atoms with van der Waals surface area (Å²) in [5.41, 5.74) is 0.0640. The lowest BCUT2D eigenvalue weighted by Crippen LogP contribution is -1.99. The van der Waals surface area contributed by atoms with Gasteiger partial charge in [-0.15, -0.1) is 0 Å². The van der Waals surface area contributed by atoms with Crippen LogP contribution in [0.15, 0.2) is 12.2 Å². The predicted molar refractivity (Wildman–Crippen MR) is 41.2 cm³/mol. The van der Waals surface area contributed by atoms with Crippen molar-refractivity contribution in [2.24, 2.45) is 5.41 Å². The van der Waals surface area contributed by atoms with E-state index in [2.05, 4.69) is 12.6 Å². The topological polar surface area (TPSA) is 17.1 Å². The fourth-order valence-electron chi connectivity index (χ4n) is 0.318. The first-order valence-corrected chi connectivity index (χ1v) is 3.23. The first-order chi connectivity index (χ1) is 3.92. The van der Waals surface area contributed by atoms with E-state index < -0.39 is 0 Å². The van der Waals surface area contributed by atoms with Crippen molar-refractivity contribution in [3.05, 3.63) is 12.2 Å². The summed E-state index contributed by atoms with van der Waals surface area (Å²) in [6.07, 6.45) is 3.23. The highest BCUT2D eigenvalue weighted by molar-refractivity contribution is 7.97. The van der Waals surface area contributed by atoms with Gasteiger partial charge in [-0.05, 0) is 24.1 Å². The van der Waals surface area contributed by atoms with Crippen LogP contribution in [-0.4, -0.2) is 5.12 Å². The molecule has 1 radical (unpaired) electrons. The molecular formula is C7H11OS. The summed E-state index contributed by atoms with van der Waals surface area (Å²) < 4.78 is 0. The second-order valence-corrected chi connectivity index (χ2v) is 3.42. The molecule has 0 aromatic heterocycles. The zero-order valence-corrected chi connectivity index (χ0v) is 6.79. The van der Waals surface area contributed by atoms with Crippen molar-refractivity contribution in [1.29, 1.82) is 0 Å². The maximum atomic E-state index is 10.2. The van der Waals surface area contributed by atoms with Gasteiger partial charge in [-0.25, -0.2) is 0 Å². The van der Waals surface area contributed by atoms with Gasteiger partial charge in [0, 0.05) is 0 Å². The Bertz CT molecular complexity index is 130. The molecule has 0 bridgehead atoms. The molecule has 2 heteroatoms. The molecule has 0 aromatic rings. The number of carbonyl (C=O) groups excluding carboxylic acids is 1. The van der Waals surface area contributed by atoms with Gasteiger partial charge in [0.15, 0.2) is 0 Å². The van der Waals surface area contributed by atoms with Crippen molar-refractivity contribution in [2.45, 2.75) is 20.8 Å². The average Bonchev–Trinajstić information content (AvgIpc) is 1.59. The Labute approximate surface area is 61.6 Å². The first-order valence-electron chi connectivity index (χ1n) is 2.82. The molecule has 0 unspecified atom stereocenters. The Hall–Kier alpha value is -0.370. The van der Waals surface area contributed by atoms with Crippen LogP contribution in [0, 0.1) is 5.41 Å². The van der Waals surface area contributed by atoms with Gasteiger partial charge in [0.05, 0.1) is 0 Å². The summed E-state index contributed by atoms with van der Waals surface area (Å²) >= 11 is 4.32. The molecule has 0 saturated heterocycles. The van der Waals surface area contributed by atoms with Crippen LogP contribution in [0.2, 0.25) is 0 Å². The lowest BCUT2D eigenvalue weighted by Gasteiger charge is -2.09. The Morgan fingerprint density at radius 2 is 1.89 bits per heavy atom. The van der Waals surface area contributed by atoms with E-state index in [9.17, 15) is 4.79 Å². The van der Waals surface area contributed by atoms with Gasteiger partial charge in [0.2, 0.25) is 5.12 Å². The molecule has 0 amide bonds. The molecule has 1 nitrogen and oxygen atoms in total. The first kappa shape index (κ1) is 8.63. The van der Waals surface area contributed by atoms with E-state index in [1.807, 2.05) is 26.8 Å². The second-order valence-electron chi connectivity index (χ2n) is 3.02. The molecule has 0 saturated carbocycles. The van der Waals surface area contributed by atoms with Gasteiger partial charge in [-0.2, -0.15) is 0 Å². The minimum absolute atomic E-state index is 0.0640. The van der Waals surface area contributed by atoms with E-state index in [4.69, 9.17) is 0 Å². The SMILES string of the molecule is CC(C)(C)C=CC(=O)[S]. The second kappa shape index (κ2) is 2.97. The highest BCUT2D eigenvalue weighted by Gasteiger charge is 2.03. The highest BCUT2D eigenvalue weighted by atomic mass is 32.1. The quantitative estimate of drug-likeness (QED) is 0.515. The lowest BCUT2D eigenvalue weighted by atomic mass is 9.97. The van der Waals surface area contributed by atoms with E-state index in [1.165, 1.54) is 6.08 Å². The number of carbonyl (C=O) groups is 1. The van der Waals surface area contributed by atoms with Crippen LogP contribution in [0.25, 0.3) is 0 Å². The summed E-state index contributed by atoms with van der Waals surface area (Å²) in [6.45, 7) is 6.05. The number of allylic oxidation sites excluding steroid dienone is 1. The van der Waals surface area contributed by atoms with E-state index in [1.54, 1.807) is 0 Å². The van der Waals surface area contributed by atoms with Crippen LogP contribution in [0.3, 0.4) is 0 Å². The third-order valence-electron chi connectivity index (χ3n) is 0.719. The van der Waals surface area contributed by atoms with Crippen molar-refractivity contribution in [3.8, 4) is 0 Å². The molecule has 0 aromatic carbocycles. The van der Waals surface area contributed by atoms with Crippen molar-refractivity contribution < 1.29 is 4.79 Å². The molecule has 0 N–H and O–H groups in total. The zero-order chi connectivity index (χ0) is 7.49. The molecule has 0 spiro atoms. The molecule has 0 aliphatic carbocycles. The number of hydrogen-bond acceptors (Lipinski definition) is 1. The van der Waals surface area contributed by atoms with E-state index in [0.717, 1.165) is 0 Å². The smallest absolute Gasteiger partial charge is 0.241 e. The van der Waals surface area contributed by atoms with Crippen LogP contribution in [0.4, 0.5) is 0 Å². The van der Waals surface area contributed by atoms with Gasteiger partial charge >= 0.3 is 0 Å². The van der Waals surface area contributed by atoms with Gasteiger partial charge in [-0.3, -0.25) is 4.79 Å². The monoisotopic (exact) mass is 143 g/mol.